The summed E-state index contributed by atoms with van der Waals surface area (Å²) in [6.45, 7) is 1.97. The fraction of sp³-hybridized carbons (Fsp3) is 0.438. The Morgan fingerprint density at radius 3 is 2.48 bits per heavy atom. The largest absolute Gasteiger partial charge is 0.481 e. The second-order valence-corrected chi connectivity index (χ2v) is 5.65. The molecule has 0 heterocycles. The lowest BCUT2D eigenvalue weighted by molar-refractivity contribution is -0.145. The van der Waals surface area contributed by atoms with Crippen LogP contribution in [0.15, 0.2) is 24.3 Å². The van der Waals surface area contributed by atoms with Gasteiger partial charge in [0.15, 0.2) is 0 Å². The molecule has 2 rings (SSSR count). The number of hydrogen-bond donors (Lipinski definition) is 2. The fourth-order valence-electron chi connectivity index (χ4n) is 2.89. The average molecular weight is 286 g/mol. The molecule has 1 unspecified atom stereocenters. The smallest absolute Gasteiger partial charge is 0.307 e. The highest BCUT2D eigenvalue weighted by molar-refractivity contribution is 5.95. The summed E-state index contributed by atoms with van der Waals surface area (Å²) in [6, 6.07) is 9.09. The third kappa shape index (κ3) is 3.60. The van der Waals surface area contributed by atoms with Crippen molar-refractivity contribution in [2.75, 3.05) is 5.32 Å². The summed E-state index contributed by atoms with van der Waals surface area (Å²) in [6.07, 6.45) is 1.49. The van der Waals surface area contributed by atoms with Crippen molar-refractivity contribution >= 4 is 17.6 Å². The number of benzene rings is 1. The molecule has 5 heteroatoms. The van der Waals surface area contributed by atoms with E-state index in [1.165, 1.54) is 0 Å². The minimum absolute atomic E-state index is 0.236. The quantitative estimate of drug-likeness (QED) is 0.889. The molecule has 1 aromatic rings. The van der Waals surface area contributed by atoms with Gasteiger partial charge in [-0.05, 0) is 36.5 Å². The molecule has 1 aliphatic carbocycles. The van der Waals surface area contributed by atoms with E-state index in [0.29, 0.717) is 24.9 Å². The van der Waals surface area contributed by atoms with Crippen molar-refractivity contribution < 1.29 is 14.7 Å². The number of amides is 1. The van der Waals surface area contributed by atoms with Crippen LogP contribution in [-0.4, -0.2) is 17.0 Å². The van der Waals surface area contributed by atoms with Gasteiger partial charge in [-0.15, -0.1) is 0 Å². The van der Waals surface area contributed by atoms with Gasteiger partial charge in [0.2, 0.25) is 5.91 Å². The Morgan fingerprint density at radius 2 is 1.90 bits per heavy atom. The summed E-state index contributed by atoms with van der Waals surface area (Å²) in [5.41, 5.74) is 1.51. The summed E-state index contributed by atoms with van der Waals surface area (Å²) in [5.74, 6) is -1.96. The molecule has 1 aliphatic rings. The number of rotatable bonds is 4. The predicted molar refractivity (Wildman–Crippen MR) is 77.4 cm³/mol. The van der Waals surface area contributed by atoms with Gasteiger partial charge < -0.3 is 10.4 Å². The lowest BCUT2D eigenvalue weighted by Crippen LogP contribution is -2.29. The van der Waals surface area contributed by atoms with Gasteiger partial charge in [-0.2, -0.15) is 5.26 Å². The Labute approximate surface area is 123 Å². The van der Waals surface area contributed by atoms with Gasteiger partial charge in [-0.1, -0.05) is 19.1 Å². The van der Waals surface area contributed by atoms with E-state index in [-0.39, 0.29) is 11.8 Å². The zero-order valence-electron chi connectivity index (χ0n) is 11.9. The molecule has 0 saturated heterocycles. The highest BCUT2D eigenvalue weighted by Crippen LogP contribution is 2.37. The third-order valence-electron chi connectivity index (χ3n) is 3.96. The van der Waals surface area contributed by atoms with E-state index < -0.39 is 17.8 Å². The van der Waals surface area contributed by atoms with E-state index in [9.17, 15) is 14.7 Å². The molecule has 1 amide bonds. The zero-order valence-corrected chi connectivity index (χ0v) is 11.9. The van der Waals surface area contributed by atoms with Crippen LogP contribution in [0.3, 0.4) is 0 Å². The average Bonchev–Trinajstić information content (AvgIpc) is 2.84. The number of carbonyl (C=O) groups excluding carboxylic acids is 1. The van der Waals surface area contributed by atoms with Crippen molar-refractivity contribution in [3.63, 3.8) is 0 Å². The molecule has 1 saturated carbocycles. The van der Waals surface area contributed by atoms with Gasteiger partial charge in [0.25, 0.3) is 0 Å². The highest BCUT2D eigenvalue weighted by Gasteiger charge is 2.41. The number of carboxylic acids is 1. The number of nitrogens with zero attached hydrogens (tertiary/aromatic N) is 1. The zero-order chi connectivity index (χ0) is 15.4. The van der Waals surface area contributed by atoms with Gasteiger partial charge in [0, 0.05) is 5.69 Å². The minimum atomic E-state index is -0.899. The van der Waals surface area contributed by atoms with Crippen LogP contribution in [-0.2, 0) is 16.0 Å². The Morgan fingerprint density at radius 1 is 1.29 bits per heavy atom. The molecule has 110 valence electrons. The molecule has 0 bridgehead atoms. The van der Waals surface area contributed by atoms with E-state index in [1.54, 1.807) is 24.3 Å². The lowest BCUT2D eigenvalue weighted by Gasteiger charge is -2.15. The molecular weight excluding hydrogens is 268 g/mol. The maximum atomic E-state index is 12.3. The Kier molecular flexibility index (Phi) is 4.59. The Balaban J connectivity index is 2.03. The van der Waals surface area contributed by atoms with Gasteiger partial charge in [0.05, 0.1) is 24.3 Å². The monoisotopic (exact) mass is 286 g/mol. The summed E-state index contributed by atoms with van der Waals surface area (Å²) in [5, 5.41) is 20.6. The van der Waals surface area contributed by atoms with Crippen molar-refractivity contribution in [1.29, 1.82) is 5.26 Å². The first kappa shape index (κ1) is 15.0. The molecule has 21 heavy (non-hydrogen) atoms. The van der Waals surface area contributed by atoms with E-state index in [2.05, 4.69) is 11.4 Å². The van der Waals surface area contributed by atoms with E-state index in [1.807, 2.05) is 6.92 Å². The standard InChI is InChI=1S/C16H18N2O3/c1-10-8-13(14(9-10)16(20)21)15(19)18-12-4-2-11(3-5-12)6-7-17/h2-5,10,13-14H,6,8-9H2,1H3,(H,18,19)(H,20,21)/t10?,13-,14+/m0/s1. The minimum Gasteiger partial charge on any atom is -0.481 e. The number of carbonyl (C=O) groups is 2. The number of anilines is 1. The highest BCUT2D eigenvalue weighted by atomic mass is 16.4. The van der Waals surface area contributed by atoms with Crippen LogP contribution in [0, 0.1) is 29.1 Å². The molecule has 0 spiro atoms. The fourth-order valence-corrected chi connectivity index (χ4v) is 2.89. The maximum Gasteiger partial charge on any atom is 0.307 e. The van der Waals surface area contributed by atoms with E-state index >= 15 is 0 Å². The molecule has 0 radical (unpaired) electrons. The predicted octanol–water partition coefficient (Wildman–Crippen LogP) is 2.44. The van der Waals surface area contributed by atoms with Crippen molar-refractivity contribution in [3.05, 3.63) is 29.8 Å². The molecule has 5 nitrogen and oxygen atoms in total. The van der Waals surface area contributed by atoms with Crippen LogP contribution in [0.2, 0.25) is 0 Å². The van der Waals surface area contributed by atoms with Crippen LogP contribution in [0.5, 0.6) is 0 Å². The van der Waals surface area contributed by atoms with Crippen LogP contribution in [0.25, 0.3) is 0 Å². The van der Waals surface area contributed by atoms with Crippen molar-refractivity contribution in [3.8, 4) is 6.07 Å². The Hall–Kier alpha value is -2.35. The molecule has 3 atom stereocenters. The lowest BCUT2D eigenvalue weighted by atomic mass is 9.95. The van der Waals surface area contributed by atoms with Crippen LogP contribution in [0.4, 0.5) is 5.69 Å². The topological polar surface area (TPSA) is 90.2 Å². The molecule has 1 aromatic carbocycles. The summed E-state index contributed by atoms with van der Waals surface area (Å²) < 4.78 is 0. The second-order valence-electron chi connectivity index (χ2n) is 5.65. The van der Waals surface area contributed by atoms with Gasteiger partial charge in [-0.25, -0.2) is 0 Å². The summed E-state index contributed by atoms with van der Waals surface area (Å²) in [7, 11) is 0. The Bertz CT molecular complexity index is 574. The molecule has 2 N–H and O–H groups in total. The maximum absolute atomic E-state index is 12.3. The SMILES string of the molecule is CC1C[C@H](C(=O)Nc2ccc(CC#N)cc2)[C@H](C(=O)O)C1. The normalized spacial score (nSPS) is 24.3. The number of nitriles is 1. The third-order valence-corrected chi connectivity index (χ3v) is 3.96. The van der Waals surface area contributed by atoms with Gasteiger partial charge in [0.1, 0.15) is 0 Å². The number of nitrogens with one attached hydrogen (secondary N) is 1. The van der Waals surface area contributed by atoms with Crippen LogP contribution in [0.1, 0.15) is 25.3 Å². The summed E-state index contributed by atoms with van der Waals surface area (Å²) in [4.78, 5) is 23.5. The van der Waals surface area contributed by atoms with Gasteiger partial charge in [-0.3, -0.25) is 9.59 Å². The van der Waals surface area contributed by atoms with Crippen molar-refractivity contribution in [2.45, 2.75) is 26.2 Å². The first-order valence-corrected chi connectivity index (χ1v) is 7.00. The number of hydrogen-bond acceptors (Lipinski definition) is 3. The molecule has 1 fully saturated rings. The molecular formula is C16H18N2O3. The second kappa shape index (κ2) is 6.40. The number of carboxylic acid groups (broad SMARTS) is 1. The van der Waals surface area contributed by atoms with Gasteiger partial charge >= 0.3 is 5.97 Å². The van der Waals surface area contributed by atoms with E-state index in [4.69, 9.17) is 5.26 Å². The van der Waals surface area contributed by atoms with Crippen molar-refractivity contribution in [1.82, 2.24) is 0 Å². The first-order valence-electron chi connectivity index (χ1n) is 7.00. The summed E-state index contributed by atoms with van der Waals surface area (Å²) >= 11 is 0. The van der Waals surface area contributed by atoms with Crippen LogP contribution >= 0.6 is 0 Å². The van der Waals surface area contributed by atoms with E-state index in [0.717, 1.165) is 5.56 Å². The first-order chi connectivity index (χ1) is 10.0. The number of aliphatic carboxylic acids is 1. The van der Waals surface area contributed by atoms with Crippen LogP contribution < -0.4 is 5.32 Å². The van der Waals surface area contributed by atoms with Crippen molar-refractivity contribution in [2.24, 2.45) is 17.8 Å². The molecule has 0 aromatic heterocycles. The molecule has 0 aliphatic heterocycles.